The highest BCUT2D eigenvalue weighted by Crippen LogP contribution is 2.21. The number of nitrogens with zero attached hydrogens (tertiary/aromatic N) is 2. The molecule has 1 heterocycles. The Bertz CT molecular complexity index is 1290. The van der Waals surface area contributed by atoms with Gasteiger partial charge in [0.15, 0.2) is 0 Å². The molecule has 194 valence electrons. The Hall–Kier alpha value is -3.32. The number of hydrogen-bond donors (Lipinski definition) is 1. The molecule has 1 aromatic heterocycles. The minimum absolute atomic E-state index is 0.0235. The van der Waals surface area contributed by atoms with E-state index in [0.29, 0.717) is 18.7 Å². The van der Waals surface area contributed by atoms with Crippen LogP contribution in [0.15, 0.2) is 77.3 Å². The van der Waals surface area contributed by atoms with Gasteiger partial charge in [0.2, 0.25) is 0 Å². The van der Waals surface area contributed by atoms with Crippen LogP contribution in [0.3, 0.4) is 0 Å². The van der Waals surface area contributed by atoms with Gasteiger partial charge in [-0.05, 0) is 74.2 Å². The number of methoxy groups -OCH3 is 1. The van der Waals surface area contributed by atoms with E-state index in [1.165, 1.54) is 5.52 Å². The quantitative estimate of drug-likeness (QED) is 0.171. The lowest BCUT2D eigenvalue weighted by molar-refractivity contribution is 0.0953. The maximum absolute atomic E-state index is 12.3. The normalized spacial score (nSPS) is 11.0. The lowest BCUT2D eigenvalue weighted by atomic mass is 10.1. The summed E-state index contributed by atoms with van der Waals surface area (Å²) < 4.78 is 14.5. The highest BCUT2D eigenvalue weighted by molar-refractivity contribution is 9.10. The molecule has 3 aromatic carbocycles. The number of aryl methyl sites for hydroxylation is 2. The minimum Gasteiger partial charge on any atom is -0.497 e. The molecule has 37 heavy (non-hydrogen) atoms. The molecule has 1 N–H and O–H groups in total. The molecule has 0 saturated heterocycles. The second kappa shape index (κ2) is 13.8. The summed E-state index contributed by atoms with van der Waals surface area (Å²) in [5, 5.41) is 3.01. The maximum Gasteiger partial charge on any atom is 0.251 e. The third-order valence-electron chi connectivity index (χ3n) is 6.29. The van der Waals surface area contributed by atoms with Gasteiger partial charge in [0, 0.05) is 35.6 Å². The number of hydrogen-bond acceptors (Lipinski definition) is 4. The van der Waals surface area contributed by atoms with E-state index in [1.807, 2.05) is 54.6 Å². The van der Waals surface area contributed by atoms with E-state index in [9.17, 15) is 4.79 Å². The molecule has 6 nitrogen and oxygen atoms in total. The fraction of sp³-hybridized carbons (Fsp3) is 0.333. The summed E-state index contributed by atoms with van der Waals surface area (Å²) in [4.78, 5) is 17.2. The Morgan fingerprint density at radius 3 is 2.57 bits per heavy atom. The molecule has 4 aromatic rings. The molecule has 1 amide bonds. The van der Waals surface area contributed by atoms with Crippen LogP contribution >= 0.6 is 15.9 Å². The predicted octanol–water partition coefficient (Wildman–Crippen LogP) is 6.81. The molecule has 0 unspecified atom stereocenters. The third-order valence-corrected chi connectivity index (χ3v) is 6.82. The van der Waals surface area contributed by atoms with Crippen molar-refractivity contribution in [3.63, 3.8) is 0 Å². The van der Waals surface area contributed by atoms with E-state index in [2.05, 4.69) is 44.0 Å². The number of rotatable bonds is 14. The zero-order valence-electron chi connectivity index (χ0n) is 21.3. The Morgan fingerprint density at radius 2 is 1.73 bits per heavy atom. The average Bonchev–Trinajstić information content (AvgIpc) is 3.28. The first-order valence-corrected chi connectivity index (χ1v) is 13.7. The van der Waals surface area contributed by atoms with Crippen LogP contribution in [-0.4, -0.2) is 35.7 Å². The molecule has 4 rings (SSSR count). The molecule has 0 atom stereocenters. The summed E-state index contributed by atoms with van der Waals surface area (Å²) >= 11 is 3.40. The van der Waals surface area contributed by atoms with Gasteiger partial charge in [0.1, 0.15) is 17.3 Å². The van der Waals surface area contributed by atoms with Crippen LogP contribution in [0.25, 0.3) is 11.0 Å². The number of carbonyl (C=O) groups excluding carboxylic acids is 1. The molecule has 0 radical (unpaired) electrons. The molecule has 0 bridgehead atoms. The number of ether oxygens (including phenoxy) is 2. The number of para-hydroxylation sites is 2. The highest BCUT2D eigenvalue weighted by atomic mass is 79.9. The van der Waals surface area contributed by atoms with Crippen LogP contribution in [-0.2, 0) is 13.0 Å². The van der Waals surface area contributed by atoms with Crippen molar-refractivity contribution in [1.82, 2.24) is 14.9 Å². The number of benzene rings is 3. The summed E-state index contributed by atoms with van der Waals surface area (Å²) in [5.41, 5.74) is 2.92. The van der Waals surface area contributed by atoms with Gasteiger partial charge in [-0.15, -0.1) is 0 Å². The van der Waals surface area contributed by atoms with Gasteiger partial charge in [-0.2, -0.15) is 0 Å². The van der Waals surface area contributed by atoms with Crippen molar-refractivity contribution in [1.29, 1.82) is 0 Å². The molecular weight excluding hydrogens is 530 g/mol. The first kappa shape index (κ1) is 26.7. The Labute approximate surface area is 227 Å². The maximum atomic E-state index is 12.3. The first-order chi connectivity index (χ1) is 18.1. The van der Waals surface area contributed by atoms with Crippen LogP contribution < -0.4 is 14.8 Å². The van der Waals surface area contributed by atoms with Crippen molar-refractivity contribution in [2.45, 2.75) is 45.1 Å². The second-order valence-corrected chi connectivity index (χ2v) is 9.89. The van der Waals surface area contributed by atoms with Gasteiger partial charge in [-0.1, -0.05) is 40.5 Å². The van der Waals surface area contributed by atoms with E-state index in [0.717, 1.165) is 72.4 Å². The van der Waals surface area contributed by atoms with Gasteiger partial charge in [0.25, 0.3) is 5.91 Å². The number of nitrogens with one attached hydrogen (secondary N) is 1. The van der Waals surface area contributed by atoms with E-state index in [1.54, 1.807) is 7.11 Å². The van der Waals surface area contributed by atoms with Crippen LogP contribution in [0, 0.1) is 0 Å². The number of halogens is 1. The summed E-state index contributed by atoms with van der Waals surface area (Å²) in [6.07, 6.45) is 5.93. The van der Waals surface area contributed by atoms with Crippen molar-refractivity contribution in [3.8, 4) is 11.5 Å². The van der Waals surface area contributed by atoms with Crippen molar-refractivity contribution >= 4 is 32.9 Å². The van der Waals surface area contributed by atoms with E-state index < -0.39 is 0 Å². The Balaban J connectivity index is 1.21. The molecule has 0 aliphatic carbocycles. The van der Waals surface area contributed by atoms with Gasteiger partial charge in [0.05, 0.1) is 24.8 Å². The van der Waals surface area contributed by atoms with Crippen molar-refractivity contribution in [2.24, 2.45) is 0 Å². The largest absolute Gasteiger partial charge is 0.497 e. The predicted molar refractivity (Wildman–Crippen MR) is 151 cm³/mol. The van der Waals surface area contributed by atoms with Crippen molar-refractivity contribution in [2.75, 3.05) is 20.3 Å². The fourth-order valence-corrected chi connectivity index (χ4v) is 4.57. The van der Waals surface area contributed by atoms with E-state index in [-0.39, 0.29) is 5.91 Å². The summed E-state index contributed by atoms with van der Waals surface area (Å²) in [7, 11) is 1.66. The standard InChI is InChI=1S/C30H34BrN3O3/c1-36-25-10-9-11-26(22-25)37-21-8-7-20-34-28-13-5-4-12-27(28)33-29(34)14-3-2-6-19-32-30(35)23-15-17-24(31)18-16-23/h4-5,9-13,15-18,22H,2-3,6-8,14,19-21H2,1H3,(H,32,35). The number of unbranched alkanes of at least 4 members (excludes halogenated alkanes) is 3. The van der Waals surface area contributed by atoms with Gasteiger partial charge in [-0.25, -0.2) is 4.98 Å². The number of amides is 1. The van der Waals surface area contributed by atoms with Crippen molar-refractivity contribution in [3.05, 3.63) is 88.7 Å². The second-order valence-electron chi connectivity index (χ2n) is 8.98. The summed E-state index contributed by atoms with van der Waals surface area (Å²) in [5.74, 6) is 2.75. The molecule has 7 heteroatoms. The minimum atomic E-state index is -0.0235. The molecule has 0 fully saturated rings. The Morgan fingerprint density at radius 1 is 0.919 bits per heavy atom. The van der Waals surface area contributed by atoms with Crippen LogP contribution in [0.1, 0.15) is 48.3 Å². The van der Waals surface area contributed by atoms with E-state index >= 15 is 0 Å². The third kappa shape index (κ3) is 7.83. The van der Waals surface area contributed by atoms with Gasteiger partial charge >= 0.3 is 0 Å². The van der Waals surface area contributed by atoms with Crippen LogP contribution in [0.5, 0.6) is 11.5 Å². The topological polar surface area (TPSA) is 65.4 Å². The van der Waals surface area contributed by atoms with E-state index in [4.69, 9.17) is 14.5 Å². The fourth-order valence-electron chi connectivity index (χ4n) is 4.31. The number of fused-ring (bicyclic) bond motifs is 1. The molecular formula is C30H34BrN3O3. The van der Waals surface area contributed by atoms with Crippen LogP contribution in [0.4, 0.5) is 0 Å². The Kier molecular flexibility index (Phi) is 10.0. The lowest BCUT2D eigenvalue weighted by Gasteiger charge is -2.11. The lowest BCUT2D eigenvalue weighted by Crippen LogP contribution is -2.24. The highest BCUT2D eigenvalue weighted by Gasteiger charge is 2.10. The van der Waals surface area contributed by atoms with Crippen molar-refractivity contribution < 1.29 is 14.3 Å². The number of imidazole rings is 1. The molecule has 0 saturated carbocycles. The average molecular weight is 565 g/mol. The first-order valence-electron chi connectivity index (χ1n) is 12.9. The zero-order chi connectivity index (χ0) is 25.9. The zero-order valence-corrected chi connectivity index (χ0v) is 22.9. The summed E-state index contributed by atoms with van der Waals surface area (Å²) in [6.45, 7) is 2.26. The smallest absolute Gasteiger partial charge is 0.251 e. The molecule has 0 aliphatic rings. The summed E-state index contributed by atoms with van der Waals surface area (Å²) in [6, 6.07) is 23.5. The van der Waals surface area contributed by atoms with Gasteiger partial charge < -0.3 is 19.4 Å². The molecule has 0 aliphatic heterocycles. The number of aromatic nitrogens is 2. The SMILES string of the molecule is COc1cccc(OCCCCn2c(CCCCCNC(=O)c3ccc(Br)cc3)nc3ccccc32)c1. The monoisotopic (exact) mass is 563 g/mol. The van der Waals surface area contributed by atoms with Gasteiger partial charge in [-0.3, -0.25) is 4.79 Å². The number of carbonyl (C=O) groups is 1. The van der Waals surface area contributed by atoms with Crippen LogP contribution in [0.2, 0.25) is 0 Å². The molecule has 0 spiro atoms.